The summed E-state index contributed by atoms with van der Waals surface area (Å²) in [6.07, 6.45) is 3.44. The predicted octanol–water partition coefficient (Wildman–Crippen LogP) is 2.38. The maximum absolute atomic E-state index is 12.8. The first-order valence-corrected chi connectivity index (χ1v) is 8.89. The molecule has 1 aliphatic heterocycles. The van der Waals surface area contributed by atoms with Gasteiger partial charge in [-0.3, -0.25) is 9.69 Å². The molecule has 1 aliphatic rings. The van der Waals surface area contributed by atoms with E-state index < -0.39 is 5.41 Å². The van der Waals surface area contributed by atoms with Gasteiger partial charge in [-0.1, -0.05) is 20.8 Å². The van der Waals surface area contributed by atoms with E-state index in [4.69, 9.17) is 5.26 Å². The number of nitrogens with zero attached hydrogens (tertiary/aromatic N) is 4. The Morgan fingerprint density at radius 1 is 1.42 bits per heavy atom. The number of amides is 3. The van der Waals surface area contributed by atoms with Crippen LogP contribution >= 0.6 is 0 Å². The van der Waals surface area contributed by atoms with Crippen molar-refractivity contribution in [2.24, 2.45) is 11.3 Å². The molecule has 0 bridgehead atoms. The van der Waals surface area contributed by atoms with Crippen molar-refractivity contribution in [3.05, 3.63) is 24.0 Å². The monoisotopic (exact) mass is 357 g/mol. The molecule has 7 nitrogen and oxygen atoms in total. The van der Waals surface area contributed by atoms with Crippen LogP contribution in [-0.4, -0.2) is 48.5 Å². The number of likely N-dealkylation sites (tertiary alicyclic amines) is 1. The smallest absolute Gasteiger partial charge is 0.324 e. The molecule has 0 radical (unpaired) electrons. The molecule has 0 saturated carbocycles. The van der Waals surface area contributed by atoms with Crippen LogP contribution < -0.4 is 10.2 Å². The number of carbonyl (C=O) groups is 2. The van der Waals surface area contributed by atoms with Gasteiger partial charge in [0.25, 0.3) is 0 Å². The summed E-state index contributed by atoms with van der Waals surface area (Å²) in [4.78, 5) is 32.2. The predicted molar refractivity (Wildman–Crippen MR) is 99.5 cm³/mol. The second-order valence-corrected chi connectivity index (χ2v) is 7.77. The van der Waals surface area contributed by atoms with Gasteiger partial charge in [-0.25, -0.2) is 9.78 Å². The van der Waals surface area contributed by atoms with E-state index in [0.717, 1.165) is 12.8 Å². The molecule has 0 aromatic carbocycles. The Morgan fingerprint density at radius 3 is 2.73 bits per heavy atom. The second kappa shape index (κ2) is 8.17. The number of rotatable bonds is 3. The minimum Gasteiger partial charge on any atom is -0.355 e. The van der Waals surface area contributed by atoms with Crippen LogP contribution in [0, 0.1) is 22.7 Å². The van der Waals surface area contributed by atoms with Gasteiger partial charge in [-0.05, 0) is 30.9 Å². The summed E-state index contributed by atoms with van der Waals surface area (Å²) in [6.45, 7) is 7.58. The van der Waals surface area contributed by atoms with Crippen LogP contribution in [0.5, 0.6) is 0 Å². The van der Waals surface area contributed by atoms with Gasteiger partial charge >= 0.3 is 6.03 Å². The lowest BCUT2D eigenvalue weighted by Gasteiger charge is -2.35. The Labute approximate surface area is 155 Å². The summed E-state index contributed by atoms with van der Waals surface area (Å²) in [5, 5.41) is 11.8. The number of nitrogens with one attached hydrogen (secondary N) is 1. The summed E-state index contributed by atoms with van der Waals surface area (Å²) in [7, 11) is 1.70. The minimum atomic E-state index is -0.410. The number of anilines is 1. The first kappa shape index (κ1) is 19.7. The molecule has 1 aromatic heterocycles. The fourth-order valence-corrected chi connectivity index (χ4v) is 2.88. The van der Waals surface area contributed by atoms with E-state index >= 15 is 0 Å². The summed E-state index contributed by atoms with van der Waals surface area (Å²) < 4.78 is 0. The summed E-state index contributed by atoms with van der Waals surface area (Å²) in [6, 6.07) is 5.19. The lowest BCUT2D eigenvalue weighted by molar-refractivity contribution is -0.128. The zero-order chi connectivity index (χ0) is 19.3. The molecule has 1 N–H and O–H groups in total. The van der Waals surface area contributed by atoms with Crippen LogP contribution in [0.15, 0.2) is 18.3 Å². The molecule has 2 rings (SSSR count). The standard InChI is InChI=1S/C19H27N5O2/c1-19(2,3)17(25)22-11-14-6-5-9-24(13-14)18(26)23(4)16-8-7-15(10-20)21-12-16/h7-8,12,14H,5-6,9,11,13H2,1-4H3,(H,22,25). The van der Waals surface area contributed by atoms with Gasteiger partial charge in [0.2, 0.25) is 5.91 Å². The van der Waals surface area contributed by atoms with Gasteiger partial charge < -0.3 is 10.2 Å². The van der Waals surface area contributed by atoms with Crippen molar-refractivity contribution in [1.82, 2.24) is 15.2 Å². The average Bonchev–Trinajstić information content (AvgIpc) is 2.64. The Morgan fingerprint density at radius 2 is 2.15 bits per heavy atom. The van der Waals surface area contributed by atoms with Gasteiger partial charge in [0, 0.05) is 32.1 Å². The number of piperidine rings is 1. The number of hydrogen-bond acceptors (Lipinski definition) is 4. The van der Waals surface area contributed by atoms with Gasteiger partial charge in [-0.2, -0.15) is 5.26 Å². The fraction of sp³-hybridized carbons (Fsp3) is 0.579. The Kier molecular flexibility index (Phi) is 6.19. The van der Waals surface area contributed by atoms with Crippen LogP contribution in [0.1, 0.15) is 39.3 Å². The highest BCUT2D eigenvalue weighted by Gasteiger charge is 2.28. The molecular weight excluding hydrogens is 330 g/mol. The third-order valence-electron chi connectivity index (χ3n) is 4.56. The van der Waals surface area contributed by atoms with Crippen molar-refractivity contribution in [2.75, 3.05) is 31.6 Å². The van der Waals surface area contributed by atoms with Crippen LogP contribution in [0.4, 0.5) is 10.5 Å². The molecule has 0 spiro atoms. The number of urea groups is 1. The highest BCUT2D eigenvalue weighted by molar-refractivity contribution is 5.91. The molecule has 7 heteroatoms. The van der Waals surface area contributed by atoms with E-state index in [9.17, 15) is 9.59 Å². The van der Waals surface area contributed by atoms with Crippen molar-refractivity contribution >= 4 is 17.6 Å². The molecule has 1 unspecified atom stereocenters. The quantitative estimate of drug-likeness (QED) is 0.899. The first-order valence-electron chi connectivity index (χ1n) is 8.89. The van der Waals surface area contributed by atoms with Crippen molar-refractivity contribution in [3.63, 3.8) is 0 Å². The largest absolute Gasteiger partial charge is 0.355 e. The highest BCUT2D eigenvalue weighted by atomic mass is 16.2. The van der Waals surface area contributed by atoms with Crippen molar-refractivity contribution in [2.45, 2.75) is 33.6 Å². The number of aromatic nitrogens is 1. The number of pyridine rings is 1. The van der Waals surface area contributed by atoms with E-state index in [1.165, 1.54) is 6.20 Å². The Hall–Kier alpha value is -2.62. The van der Waals surface area contributed by atoms with Crippen molar-refractivity contribution in [1.29, 1.82) is 5.26 Å². The van der Waals surface area contributed by atoms with Crippen LogP contribution in [0.2, 0.25) is 0 Å². The SMILES string of the molecule is CN(C(=O)N1CCCC(CNC(=O)C(C)(C)C)C1)c1ccc(C#N)nc1. The third kappa shape index (κ3) is 4.94. The topological polar surface area (TPSA) is 89.3 Å². The lowest BCUT2D eigenvalue weighted by Crippen LogP contribution is -2.49. The molecule has 1 saturated heterocycles. The van der Waals surface area contributed by atoms with Crippen molar-refractivity contribution < 1.29 is 9.59 Å². The molecule has 2 heterocycles. The van der Waals surface area contributed by atoms with E-state index in [1.807, 2.05) is 31.7 Å². The van der Waals surface area contributed by atoms with Crippen LogP contribution in [-0.2, 0) is 4.79 Å². The lowest BCUT2D eigenvalue weighted by atomic mass is 9.94. The Balaban J connectivity index is 1.94. The van der Waals surface area contributed by atoms with Crippen molar-refractivity contribution in [3.8, 4) is 6.07 Å². The molecule has 1 fully saturated rings. The summed E-state index contributed by atoms with van der Waals surface area (Å²) >= 11 is 0. The van der Waals surface area contributed by atoms with Gasteiger partial charge in [-0.15, -0.1) is 0 Å². The fourth-order valence-electron chi connectivity index (χ4n) is 2.88. The zero-order valence-electron chi connectivity index (χ0n) is 16.0. The molecule has 1 atom stereocenters. The Bertz CT molecular complexity index is 687. The first-order chi connectivity index (χ1) is 12.2. The maximum atomic E-state index is 12.8. The molecule has 26 heavy (non-hydrogen) atoms. The van der Waals surface area contributed by atoms with E-state index in [2.05, 4.69) is 10.3 Å². The summed E-state index contributed by atoms with van der Waals surface area (Å²) in [5.74, 6) is 0.285. The number of hydrogen-bond donors (Lipinski definition) is 1. The average molecular weight is 357 g/mol. The molecule has 140 valence electrons. The normalized spacial score (nSPS) is 17.3. The van der Waals surface area contributed by atoms with E-state index in [0.29, 0.717) is 31.0 Å². The second-order valence-electron chi connectivity index (χ2n) is 7.77. The summed E-state index contributed by atoms with van der Waals surface area (Å²) in [5.41, 5.74) is 0.562. The minimum absolute atomic E-state index is 0.0294. The molecule has 0 aliphatic carbocycles. The van der Waals surface area contributed by atoms with Crippen LogP contribution in [0.3, 0.4) is 0 Å². The van der Waals surface area contributed by atoms with Gasteiger partial charge in [0.05, 0.1) is 11.9 Å². The molecule has 1 aromatic rings. The molecule has 3 amide bonds. The highest BCUT2D eigenvalue weighted by Crippen LogP contribution is 2.20. The zero-order valence-corrected chi connectivity index (χ0v) is 16.0. The third-order valence-corrected chi connectivity index (χ3v) is 4.56. The number of carbonyl (C=O) groups excluding carboxylic acids is 2. The van der Waals surface area contributed by atoms with Gasteiger partial charge in [0.1, 0.15) is 11.8 Å². The number of nitriles is 1. The maximum Gasteiger partial charge on any atom is 0.324 e. The van der Waals surface area contributed by atoms with Gasteiger partial charge in [0.15, 0.2) is 0 Å². The van der Waals surface area contributed by atoms with E-state index in [-0.39, 0.29) is 17.9 Å². The van der Waals surface area contributed by atoms with E-state index in [1.54, 1.807) is 24.1 Å². The molecular formula is C19H27N5O2. The van der Waals surface area contributed by atoms with Crippen LogP contribution in [0.25, 0.3) is 0 Å².